The van der Waals surface area contributed by atoms with Gasteiger partial charge in [0.05, 0.1) is 17.1 Å². The van der Waals surface area contributed by atoms with Crippen LogP contribution in [0, 0.1) is 0 Å². The van der Waals surface area contributed by atoms with Gasteiger partial charge in [0, 0.05) is 5.56 Å². The molecule has 138 valence electrons. The lowest BCUT2D eigenvalue weighted by molar-refractivity contribution is 0.102. The van der Waals surface area contributed by atoms with E-state index in [0.717, 1.165) is 11.1 Å². The molecule has 0 aromatic heterocycles. The van der Waals surface area contributed by atoms with Crippen LogP contribution >= 0.6 is 0 Å². The van der Waals surface area contributed by atoms with Crippen LogP contribution in [-0.2, 0) is 10.0 Å². The molecule has 0 fully saturated rings. The maximum atomic E-state index is 12.6. The second-order valence-corrected chi connectivity index (χ2v) is 7.96. The molecule has 0 bridgehead atoms. The Labute approximate surface area is 159 Å². The lowest BCUT2D eigenvalue weighted by atomic mass is 10.0. The lowest BCUT2D eigenvalue weighted by Crippen LogP contribution is -2.18. The van der Waals surface area contributed by atoms with E-state index in [1.807, 2.05) is 42.5 Å². The largest absolute Gasteiger partial charge is 0.320 e. The fourth-order valence-corrected chi connectivity index (χ4v) is 3.23. The van der Waals surface area contributed by atoms with Gasteiger partial charge in [-0.15, -0.1) is 0 Å². The number of benzene rings is 3. The van der Waals surface area contributed by atoms with Crippen molar-refractivity contribution in [3.63, 3.8) is 0 Å². The molecule has 3 aromatic carbocycles. The van der Waals surface area contributed by atoms with Gasteiger partial charge in [0.1, 0.15) is 0 Å². The summed E-state index contributed by atoms with van der Waals surface area (Å²) in [7, 11) is -3.47. The average molecular weight is 380 g/mol. The molecule has 27 heavy (non-hydrogen) atoms. The molecule has 0 heterocycles. The van der Waals surface area contributed by atoms with E-state index in [4.69, 9.17) is 0 Å². The van der Waals surface area contributed by atoms with Crippen molar-refractivity contribution in [3.05, 3.63) is 84.4 Å². The van der Waals surface area contributed by atoms with Crippen molar-refractivity contribution in [2.45, 2.75) is 6.92 Å². The maximum Gasteiger partial charge on any atom is 0.255 e. The first-order valence-electron chi connectivity index (χ1n) is 8.55. The number of anilines is 2. The van der Waals surface area contributed by atoms with Crippen LogP contribution in [0.4, 0.5) is 11.4 Å². The molecule has 6 heteroatoms. The van der Waals surface area contributed by atoms with Crippen LogP contribution in [0.3, 0.4) is 0 Å². The smallest absolute Gasteiger partial charge is 0.255 e. The zero-order valence-electron chi connectivity index (χ0n) is 14.8. The number of carbonyl (C=O) groups is 1. The van der Waals surface area contributed by atoms with E-state index in [1.54, 1.807) is 43.3 Å². The van der Waals surface area contributed by atoms with Crippen molar-refractivity contribution < 1.29 is 13.2 Å². The molecule has 0 saturated carbocycles. The Morgan fingerprint density at radius 1 is 0.815 bits per heavy atom. The predicted octanol–water partition coefficient (Wildman–Crippen LogP) is 4.37. The van der Waals surface area contributed by atoms with E-state index in [1.165, 1.54) is 0 Å². The fourth-order valence-electron chi connectivity index (χ4n) is 2.57. The van der Waals surface area contributed by atoms with Crippen molar-refractivity contribution in [2.24, 2.45) is 0 Å². The normalized spacial score (nSPS) is 11.0. The van der Waals surface area contributed by atoms with Crippen LogP contribution in [0.1, 0.15) is 17.3 Å². The van der Waals surface area contributed by atoms with Gasteiger partial charge in [0.2, 0.25) is 10.0 Å². The third-order valence-electron chi connectivity index (χ3n) is 4.06. The number of rotatable bonds is 6. The van der Waals surface area contributed by atoms with Gasteiger partial charge in [-0.05, 0) is 42.3 Å². The maximum absolute atomic E-state index is 12.6. The van der Waals surface area contributed by atoms with Gasteiger partial charge >= 0.3 is 0 Å². The number of sulfonamides is 1. The van der Waals surface area contributed by atoms with Crippen molar-refractivity contribution in [1.29, 1.82) is 0 Å². The molecule has 0 aliphatic carbocycles. The van der Waals surface area contributed by atoms with E-state index in [0.29, 0.717) is 16.9 Å². The average Bonchev–Trinajstić information content (AvgIpc) is 2.70. The lowest BCUT2D eigenvalue weighted by Gasteiger charge is -2.15. The van der Waals surface area contributed by atoms with Gasteiger partial charge in [-0.25, -0.2) is 8.42 Å². The molecule has 0 saturated heterocycles. The number of amides is 1. The molecule has 0 aliphatic heterocycles. The Bertz CT molecular complexity index is 1030. The van der Waals surface area contributed by atoms with Crippen LogP contribution in [0.15, 0.2) is 78.9 Å². The summed E-state index contributed by atoms with van der Waals surface area (Å²) >= 11 is 0. The Kier molecular flexibility index (Phi) is 5.57. The number of nitrogens with one attached hydrogen (secondary N) is 2. The second kappa shape index (κ2) is 8.05. The van der Waals surface area contributed by atoms with Crippen molar-refractivity contribution in [3.8, 4) is 11.1 Å². The molecular formula is C21H20N2O3S. The van der Waals surface area contributed by atoms with Crippen molar-refractivity contribution >= 4 is 27.3 Å². The highest BCUT2D eigenvalue weighted by Gasteiger charge is 2.14. The van der Waals surface area contributed by atoms with Crippen molar-refractivity contribution in [2.75, 3.05) is 15.8 Å². The molecule has 5 nitrogen and oxygen atoms in total. The summed E-state index contributed by atoms with van der Waals surface area (Å²) in [6, 6.07) is 23.7. The Hall–Kier alpha value is -3.12. The molecule has 0 aliphatic rings. The monoisotopic (exact) mass is 380 g/mol. The third-order valence-corrected chi connectivity index (χ3v) is 5.35. The number of hydrogen-bond donors (Lipinski definition) is 2. The highest BCUT2D eigenvalue weighted by atomic mass is 32.2. The Morgan fingerprint density at radius 3 is 2.07 bits per heavy atom. The minimum Gasteiger partial charge on any atom is -0.320 e. The summed E-state index contributed by atoms with van der Waals surface area (Å²) in [5, 5.41) is 2.82. The number of carbonyl (C=O) groups excluding carboxylic acids is 1. The van der Waals surface area contributed by atoms with Crippen LogP contribution in [0.25, 0.3) is 11.1 Å². The summed E-state index contributed by atoms with van der Waals surface area (Å²) in [5.74, 6) is -0.364. The third kappa shape index (κ3) is 4.74. The molecular weight excluding hydrogens is 360 g/mol. The second-order valence-electron chi connectivity index (χ2n) is 5.95. The van der Waals surface area contributed by atoms with Gasteiger partial charge in [0.15, 0.2) is 0 Å². The first kappa shape index (κ1) is 18.7. The van der Waals surface area contributed by atoms with Gasteiger partial charge < -0.3 is 5.32 Å². The van der Waals surface area contributed by atoms with Crippen LogP contribution in [0.5, 0.6) is 0 Å². The molecule has 0 radical (unpaired) electrons. The fraction of sp³-hybridized carbons (Fsp3) is 0.0952. The van der Waals surface area contributed by atoms with E-state index < -0.39 is 10.0 Å². The van der Waals surface area contributed by atoms with Gasteiger partial charge in [-0.1, -0.05) is 54.6 Å². The van der Waals surface area contributed by atoms with E-state index in [9.17, 15) is 13.2 Å². The molecule has 0 atom stereocenters. The summed E-state index contributed by atoms with van der Waals surface area (Å²) in [5.41, 5.74) is 3.07. The summed E-state index contributed by atoms with van der Waals surface area (Å²) in [4.78, 5) is 12.6. The first-order chi connectivity index (χ1) is 13.0. The topological polar surface area (TPSA) is 75.3 Å². The molecule has 0 unspecified atom stereocenters. The minimum atomic E-state index is -3.47. The Morgan fingerprint density at radius 2 is 1.44 bits per heavy atom. The van der Waals surface area contributed by atoms with Gasteiger partial charge in [-0.2, -0.15) is 0 Å². The molecule has 0 spiro atoms. The molecule has 2 N–H and O–H groups in total. The van der Waals surface area contributed by atoms with E-state index >= 15 is 0 Å². The van der Waals surface area contributed by atoms with Crippen LogP contribution in [-0.4, -0.2) is 20.1 Å². The van der Waals surface area contributed by atoms with E-state index in [-0.39, 0.29) is 11.7 Å². The summed E-state index contributed by atoms with van der Waals surface area (Å²) < 4.78 is 26.5. The zero-order chi connectivity index (χ0) is 19.3. The highest BCUT2D eigenvalue weighted by Crippen LogP contribution is 2.30. The number of hydrogen-bond acceptors (Lipinski definition) is 3. The zero-order valence-corrected chi connectivity index (χ0v) is 15.7. The quantitative estimate of drug-likeness (QED) is 0.667. The SMILES string of the molecule is CCS(=O)(=O)Nc1ccc(-c2ccccc2)cc1NC(=O)c1ccccc1. The van der Waals surface area contributed by atoms with Crippen LogP contribution < -0.4 is 10.0 Å². The standard InChI is InChI=1S/C21H20N2O3S/c1-2-27(25,26)23-19-14-13-18(16-9-5-3-6-10-16)15-20(19)22-21(24)17-11-7-4-8-12-17/h3-15,23H,2H2,1H3,(H,22,24). The van der Waals surface area contributed by atoms with Gasteiger partial charge in [0.25, 0.3) is 5.91 Å². The first-order valence-corrected chi connectivity index (χ1v) is 10.2. The summed E-state index contributed by atoms with van der Waals surface area (Å²) in [6.07, 6.45) is 0. The van der Waals surface area contributed by atoms with Crippen molar-refractivity contribution in [1.82, 2.24) is 0 Å². The summed E-state index contributed by atoms with van der Waals surface area (Å²) in [6.45, 7) is 1.56. The van der Waals surface area contributed by atoms with Gasteiger partial charge in [-0.3, -0.25) is 9.52 Å². The Balaban J connectivity index is 2.00. The minimum absolute atomic E-state index is 0.0560. The van der Waals surface area contributed by atoms with E-state index in [2.05, 4.69) is 10.0 Å². The predicted molar refractivity (Wildman–Crippen MR) is 109 cm³/mol. The highest BCUT2D eigenvalue weighted by molar-refractivity contribution is 7.92. The molecule has 3 rings (SSSR count). The van der Waals surface area contributed by atoms with Crippen LogP contribution in [0.2, 0.25) is 0 Å². The molecule has 3 aromatic rings. The molecule has 1 amide bonds.